The fourth-order valence-electron chi connectivity index (χ4n) is 3.36. The number of hydroxylamine groups is 1. The lowest BCUT2D eigenvalue weighted by Gasteiger charge is -2.25. The largest absolute Gasteiger partial charge is 0.491 e. The van der Waals surface area contributed by atoms with Gasteiger partial charge >= 0.3 is 18.1 Å². The van der Waals surface area contributed by atoms with E-state index in [1.807, 2.05) is 30.3 Å². The number of hydrogen-bond acceptors (Lipinski definition) is 8. The summed E-state index contributed by atoms with van der Waals surface area (Å²) in [6, 6.07) is 8.51. The number of esters is 1. The van der Waals surface area contributed by atoms with Gasteiger partial charge in [-0.1, -0.05) is 36.4 Å². The van der Waals surface area contributed by atoms with E-state index in [-0.39, 0.29) is 18.1 Å². The van der Waals surface area contributed by atoms with Crippen LogP contribution >= 0.6 is 0 Å². The Balaban J connectivity index is 1.97. The van der Waals surface area contributed by atoms with Gasteiger partial charge in [-0.3, -0.25) is 10.5 Å². The van der Waals surface area contributed by atoms with Crippen molar-refractivity contribution in [2.45, 2.75) is 75.5 Å². The molecule has 194 valence electrons. The Hall–Kier alpha value is -2.96. The molecule has 0 spiro atoms. The maximum Gasteiger partial charge on any atom is 0.491 e. The normalized spacial score (nSPS) is 21.1. The van der Waals surface area contributed by atoms with Crippen molar-refractivity contribution in [1.82, 2.24) is 10.8 Å². The third-order valence-electron chi connectivity index (χ3n) is 5.35. The van der Waals surface area contributed by atoms with E-state index in [0.717, 1.165) is 12.5 Å². The van der Waals surface area contributed by atoms with Crippen molar-refractivity contribution in [3.63, 3.8) is 0 Å². The van der Waals surface area contributed by atoms with E-state index in [2.05, 4.69) is 15.5 Å². The van der Waals surface area contributed by atoms with Crippen LogP contribution in [0.25, 0.3) is 0 Å². The summed E-state index contributed by atoms with van der Waals surface area (Å²) in [5.74, 6) is -4.47. The van der Waals surface area contributed by atoms with E-state index in [1.165, 1.54) is 12.2 Å². The molecule has 35 heavy (non-hydrogen) atoms. The quantitative estimate of drug-likeness (QED) is 0.165. The van der Waals surface area contributed by atoms with Crippen LogP contribution in [0.2, 0.25) is 0 Å². The van der Waals surface area contributed by atoms with E-state index in [4.69, 9.17) is 10.6 Å². The van der Waals surface area contributed by atoms with Crippen LogP contribution in [-0.2, 0) is 30.4 Å². The highest BCUT2D eigenvalue weighted by atomic mass is 19.4. The van der Waals surface area contributed by atoms with Crippen molar-refractivity contribution in [2.75, 3.05) is 0 Å². The van der Waals surface area contributed by atoms with Gasteiger partial charge in [0.2, 0.25) is 5.91 Å². The molecule has 1 fully saturated rings. The van der Waals surface area contributed by atoms with Gasteiger partial charge in [0.15, 0.2) is 0 Å². The summed E-state index contributed by atoms with van der Waals surface area (Å²) in [5.41, 5.74) is 6.02. The average molecular weight is 502 g/mol. The molecule has 0 bridgehead atoms. The minimum Gasteiger partial charge on any atom is -0.426 e. The maximum atomic E-state index is 12.4. The molecule has 1 amide bonds. The standard InChI is InChI=1S/C23H30F3N3O6/c1-22(27,34-21(33)23(24,25)26)20(32)35-29-17(8-7-15-5-3-2-4-6-15)11-14-19(31)28-16-9-12-18(30)13-10-16/h2-6,11,14,16-18,29-30H,7-10,12-13,27H2,1H3,(H,28,31)/b14-11+/t16?,17-,18?,22-/m0/s1. The first-order chi connectivity index (χ1) is 16.4. The van der Waals surface area contributed by atoms with E-state index in [9.17, 15) is 32.7 Å². The van der Waals surface area contributed by atoms with Gasteiger partial charge < -0.3 is 20.0 Å². The Labute approximate surface area is 200 Å². The number of carbonyl (C=O) groups is 3. The van der Waals surface area contributed by atoms with Crippen molar-refractivity contribution in [1.29, 1.82) is 0 Å². The van der Waals surface area contributed by atoms with Crippen LogP contribution in [0.3, 0.4) is 0 Å². The first-order valence-corrected chi connectivity index (χ1v) is 11.1. The second-order valence-corrected chi connectivity index (χ2v) is 8.51. The first kappa shape index (κ1) is 28.3. The number of hydrogen-bond donors (Lipinski definition) is 4. The van der Waals surface area contributed by atoms with Crippen molar-refractivity contribution in [2.24, 2.45) is 5.73 Å². The highest BCUT2D eigenvalue weighted by Crippen LogP contribution is 2.20. The summed E-state index contributed by atoms with van der Waals surface area (Å²) in [6.45, 7) is 0.754. The molecule has 1 aromatic rings. The number of aryl methyl sites for hydroxylation is 1. The van der Waals surface area contributed by atoms with Crippen molar-refractivity contribution < 1.29 is 42.2 Å². The number of amides is 1. The third kappa shape index (κ3) is 10.0. The second kappa shape index (κ2) is 12.7. The van der Waals surface area contributed by atoms with Crippen molar-refractivity contribution in [3.8, 4) is 0 Å². The molecule has 0 aromatic heterocycles. The van der Waals surface area contributed by atoms with Crippen LogP contribution in [0.5, 0.6) is 0 Å². The molecule has 0 saturated heterocycles. The Bertz CT molecular complexity index is 884. The summed E-state index contributed by atoms with van der Waals surface area (Å²) in [5, 5.41) is 12.4. The fourth-order valence-corrected chi connectivity index (χ4v) is 3.36. The number of aliphatic hydroxyl groups is 1. The Morgan fingerprint density at radius 3 is 2.37 bits per heavy atom. The van der Waals surface area contributed by atoms with Gasteiger partial charge in [0.25, 0.3) is 5.72 Å². The fraction of sp³-hybridized carbons (Fsp3) is 0.522. The van der Waals surface area contributed by atoms with Gasteiger partial charge in [0.1, 0.15) is 0 Å². The van der Waals surface area contributed by atoms with Gasteiger partial charge in [-0.2, -0.15) is 13.2 Å². The molecule has 2 rings (SSSR count). The monoisotopic (exact) mass is 501 g/mol. The predicted octanol–water partition coefficient (Wildman–Crippen LogP) is 1.79. The molecular weight excluding hydrogens is 471 g/mol. The predicted molar refractivity (Wildman–Crippen MR) is 118 cm³/mol. The molecule has 1 aliphatic rings. The molecule has 2 atom stereocenters. The summed E-state index contributed by atoms with van der Waals surface area (Å²) in [4.78, 5) is 40.3. The number of nitrogens with one attached hydrogen (secondary N) is 2. The molecule has 1 aliphatic carbocycles. The molecule has 1 aromatic carbocycles. The molecule has 0 radical (unpaired) electrons. The lowest BCUT2D eigenvalue weighted by Crippen LogP contribution is -2.53. The highest BCUT2D eigenvalue weighted by Gasteiger charge is 2.47. The van der Waals surface area contributed by atoms with Gasteiger partial charge in [-0.25, -0.2) is 9.59 Å². The Kier molecular flexibility index (Phi) is 10.2. The molecule has 9 nitrogen and oxygen atoms in total. The molecule has 0 heterocycles. The topological polar surface area (TPSA) is 140 Å². The number of benzene rings is 1. The lowest BCUT2D eigenvalue weighted by molar-refractivity contribution is -0.219. The van der Waals surface area contributed by atoms with Crippen molar-refractivity contribution in [3.05, 3.63) is 48.0 Å². The second-order valence-electron chi connectivity index (χ2n) is 8.51. The van der Waals surface area contributed by atoms with Crippen LogP contribution in [0.4, 0.5) is 13.2 Å². The Morgan fingerprint density at radius 2 is 1.77 bits per heavy atom. The zero-order valence-electron chi connectivity index (χ0n) is 19.2. The van der Waals surface area contributed by atoms with E-state index < -0.39 is 29.9 Å². The summed E-state index contributed by atoms with van der Waals surface area (Å²) in [7, 11) is 0. The summed E-state index contributed by atoms with van der Waals surface area (Å²) >= 11 is 0. The van der Waals surface area contributed by atoms with E-state index in [1.54, 1.807) is 0 Å². The lowest BCUT2D eigenvalue weighted by atomic mass is 9.93. The number of carbonyl (C=O) groups excluding carboxylic acids is 3. The first-order valence-electron chi connectivity index (χ1n) is 11.1. The van der Waals surface area contributed by atoms with E-state index in [0.29, 0.717) is 38.5 Å². The summed E-state index contributed by atoms with van der Waals surface area (Å²) in [6.07, 6.45) is 0.380. The number of alkyl halides is 3. The molecule has 0 aliphatic heterocycles. The Morgan fingerprint density at radius 1 is 1.14 bits per heavy atom. The molecule has 5 N–H and O–H groups in total. The number of halogens is 3. The summed E-state index contributed by atoms with van der Waals surface area (Å²) < 4.78 is 41.3. The van der Waals surface area contributed by atoms with E-state index >= 15 is 0 Å². The highest BCUT2D eigenvalue weighted by molar-refractivity contribution is 5.87. The van der Waals surface area contributed by atoms with Crippen LogP contribution < -0.4 is 16.5 Å². The van der Waals surface area contributed by atoms with Gasteiger partial charge in [-0.05, 0) is 44.1 Å². The minimum absolute atomic E-state index is 0.0645. The van der Waals surface area contributed by atoms with Crippen molar-refractivity contribution >= 4 is 17.8 Å². The number of nitrogens with two attached hydrogens (primary N) is 1. The zero-order valence-corrected chi connectivity index (χ0v) is 19.2. The molecule has 1 saturated carbocycles. The van der Waals surface area contributed by atoms with Gasteiger partial charge in [0.05, 0.1) is 12.1 Å². The van der Waals surface area contributed by atoms with Crippen LogP contribution in [0.1, 0.15) is 44.6 Å². The molecule has 0 unspecified atom stereocenters. The van der Waals surface area contributed by atoms with Gasteiger partial charge in [-0.15, -0.1) is 5.48 Å². The zero-order chi connectivity index (χ0) is 26.1. The number of rotatable bonds is 10. The van der Waals surface area contributed by atoms with Crippen LogP contribution in [0.15, 0.2) is 42.5 Å². The number of aliphatic hydroxyl groups excluding tert-OH is 1. The van der Waals surface area contributed by atoms with Gasteiger partial charge in [0, 0.05) is 19.0 Å². The van der Waals surface area contributed by atoms with Crippen LogP contribution in [-0.4, -0.2) is 53.0 Å². The minimum atomic E-state index is -5.33. The average Bonchev–Trinajstić information content (AvgIpc) is 2.79. The maximum absolute atomic E-state index is 12.4. The molecular formula is C23H30F3N3O6. The van der Waals surface area contributed by atoms with Crippen LogP contribution in [0, 0.1) is 0 Å². The number of ether oxygens (including phenoxy) is 1. The smallest absolute Gasteiger partial charge is 0.426 e. The SMILES string of the molecule is C[C@](N)(OC(=O)C(F)(F)F)C(=O)ON[C@H](/C=C/C(=O)NC1CCC(O)CC1)CCc1ccccc1. The molecule has 12 heteroatoms. The third-order valence-corrected chi connectivity index (χ3v) is 5.35.